The number of nitriles is 1. The molecule has 4 rings (SSSR count). The molecule has 0 spiro atoms. The summed E-state index contributed by atoms with van der Waals surface area (Å²) in [6.45, 7) is 1.34. The van der Waals surface area contributed by atoms with E-state index in [9.17, 15) is 14.9 Å². The molecule has 0 N–H and O–H groups in total. The van der Waals surface area contributed by atoms with Crippen molar-refractivity contribution >= 4 is 27.4 Å². The first-order chi connectivity index (χ1) is 13.0. The predicted molar refractivity (Wildman–Crippen MR) is 105 cm³/mol. The standard InChI is InChI=1S/C19H19N5O2S/c1-22-17(13(10-20)18(25)23(2)19(22)26)24-9-5-6-12(11-24)16-21-14-7-3-4-8-15(14)27-16/h3-4,7-8,12H,5-6,9,11H2,1-2H3/t12-/m0/s1. The van der Waals surface area contributed by atoms with Crippen LogP contribution in [-0.2, 0) is 14.1 Å². The molecule has 27 heavy (non-hydrogen) atoms. The van der Waals surface area contributed by atoms with Gasteiger partial charge in [0.1, 0.15) is 11.9 Å². The highest BCUT2D eigenvalue weighted by atomic mass is 32.1. The lowest BCUT2D eigenvalue weighted by atomic mass is 9.98. The first kappa shape index (κ1) is 17.5. The van der Waals surface area contributed by atoms with Crippen LogP contribution in [0.25, 0.3) is 10.2 Å². The number of rotatable bonds is 2. The first-order valence-electron chi connectivity index (χ1n) is 8.81. The van der Waals surface area contributed by atoms with Crippen LogP contribution in [0.1, 0.15) is 29.3 Å². The molecule has 8 heteroatoms. The number of anilines is 1. The minimum atomic E-state index is -0.544. The molecular weight excluding hydrogens is 362 g/mol. The lowest BCUT2D eigenvalue weighted by Crippen LogP contribution is -2.45. The van der Waals surface area contributed by atoms with Crippen molar-refractivity contribution in [1.29, 1.82) is 5.26 Å². The molecule has 1 saturated heterocycles. The minimum Gasteiger partial charge on any atom is -0.356 e. The number of hydrogen-bond donors (Lipinski definition) is 0. The molecule has 0 unspecified atom stereocenters. The Morgan fingerprint density at radius 1 is 1.22 bits per heavy atom. The van der Waals surface area contributed by atoms with Crippen LogP contribution in [-0.4, -0.2) is 27.2 Å². The van der Waals surface area contributed by atoms with E-state index in [1.807, 2.05) is 29.2 Å². The van der Waals surface area contributed by atoms with Crippen molar-refractivity contribution in [2.45, 2.75) is 18.8 Å². The predicted octanol–water partition coefficient (Wildman–Crippen LogP) is 1.95. The van der Waals surface area contributed by atoms with Crippen molar-refractivity contribution in [3.63, 3.8) is 0 Å². The van der Waals surface area contributed by atoms with Crippen LogP contribution in [0.5, 0.6) is 0 Å². The minimum absolute atomic E-state index is 0.0181. The molecule has 0 aliphatic carbocycles. The number of benzene rings is 1. The third kappa shape index (κ3) is 2.84. The van der Waals surface area contributed by atoms with E-state index in [0.717, 1.165) is 32.6 Å². The molecule has 1 aliphatic rings. The Kier molecular flexibility index (Phi) is 4.32. The number of nitrogens with zero attached hydrogens (tertiary/aromatic N) is 5. The number of piperidine rings is 1. The van der Waals surface area contributed by atoms with E-state index >= 15 is 0 Å². The van der Waals surface area contributed by atoms with Gasteiger partial charge in [-0.3, -0.25) is 13.9 Å². The smallest absolute Gasteiger partial charge is 0.332 e. The summed E-state index contributed by atoms with van der Waals surface area (Å²) >= 11 is 1.69. The number of para-hydroxylation sites is 1. The van der Waals surface area contributed by atoms with Gasteiger partial charge in [0.05, 0.1) is 15.2 Å². The number of hydrogen-bond acceptors (Lipinski definition) is 6. The summed E-state index contributed by atoms with van der Waals surface area (Å²) in [5, 5.41) is 10.6. The normalized spacial score (nSPS) is 17.2. The third-order valence-electron chi connectivity index (χ3n) is 5.13. The zero-order valence-electron chi connectivity index (χ0n) is 15.2. The van der Waals surface area contributed by atoms with E-state index < -0.39 is 11.2 Å². The lowest BCUT2D eigenvalue weighted by molar-refractivity contribution is 0.496. The molecule has 0 amide bonds. The molecule has 0 saturated carbocycles. The number of thiazole rings is 1. The van der Waals surface area contributed by atoms with E-state index in [-0.39, 0.29) is 11.5 Å². The van der Waals surface area contributed by atoms with Gasteiger partial charge in [0.15, 0.2) is 5.56 Å². The molecule has 0 bridgehead atoms. The highest BCUT2D eigenvalue weighted by Gasteiger charge is 2.28. The molecule has 1 fully saturated rings. The van der Waals surface area contributed by atoms with Gasteiger partial charge >= 0.3 is 5.69 Å². The largest absolute Gasteiger partial charge is 0.356 e. The first-order valence-corrected chi connectivity index (χ1v) is 9.63. The van der Waals surface area contributed by atoms with E-state index in [0.29, 0.717) is 18.9 Å². The Balaban J connectivity index is 1.75. The topological polar surface area (TPSA) is 83.9 Å². The van der Waals surface area contributed by atoms with Crippen LogP contribution in [0, 0.1) is 11.3 Å². The Morgan fingerprint density at radius 2 is 2.00 bits per heavy atom. The van der Waals surface area contributed by atoms with Gasteiger partial charge in [-0.1, -0.05) is 12.1 Å². The Hall–Kier alpha value is -2.92. The fraction of sp³-hybridized carbons (Fsp3) is 0.368. The molecule has 1 atom stereocenters. The lowest BCUT2D eigenvalue weighted by Gasteiger charge is -2.34. The van der Waals surface area contributed by atoms with Gasteiger partial charge in [0.2, 0.25) is 0 Å². The fourth-order valence-corrected chi connectivity index (χ4v) is 4.83. The summed E-state index contributed by atoms with van der Waals surface area (Å²) in [4.78, 5) is 31.5. The van der Waals surface area contributed by atoms with Gasteiger partial charge in [-0.15, -0.1) is 11.3 Å². The number of aromatic nitrogens is 3. The van der Waals surface area contributed by atoms with Crippen LogP contribution in [0.3, 0.4) is 0 Å². The van der Waals surface area contributed by atoms with Crippen molar-refractivity contribution in [2.24, 2.45) is 14.1 Å². The van der Waals surface area contributed by atoms with Crippen molar-refractivity contribution < 1.29 is 0 Å². The van der Waals surface area contributed by atoms with E-state index in [1.54, 1.807) is 18.4 Å². The SMILES string of the molecule is Cn1c(N2CCC[C@H](c3nc4ccccc4s3)C2)c(C#N)c(=O)n(C)c1=O. The summed E-state index contributed by atoms with van der Waals surface area (Å²) in [6.07, 6.45) is 1.91. The monoisotopic (exact) mass is 381 g/mol. The molecule has 3 aromatic rings. The molecule has 1 aliphatic heterocycles. The van der Waals surface area contributed by atoms with Crippen LogP contribution in [0.15, 0.2) is 33.9 Å². The van der Waals surface area contributed by atoms with Crippen molar-refractivity contribution in [1.82, 2.24) is 14.1 Å². The molecular formula is C19H19N5O2S. The maximum atomic E-state index is 12.4. The van der Waals surface area contributed by atoms with Crippen LogP contribution in [0.2, 0.25) is 0 Å². The summed E-state index contributed by atoms with van der Waals surface area (Å²) in [6, 6.07) is 10.1. The fourth-order valence-electron chi connectivity index (χ4n) is 3.74. The van der Waals surface area contributed by atoms with Crippen LogP contribution >= 0.6 is 11.3 Å². The summed E-state index contributed by atoms with van der Waals surface area (Å²) < 4.78 is 3.54. The maximum Gasteiger partial charge on any atom is 0.332 e. The second-order valence-electron chi connectivity index (χ2n) is 6.82. The van der Waals surface area contributed by atoms with Gasteiger partial charge in [0, 0.05) is 33.1 Å². The Bertz CT molecular complexity index is 1150. The summed E-state index contributed by atoms with van der Waals surface area (Å²) in [5.41, 5.74) is 0.0479. The van der Waals surface area contributed by atoms with Crippen LogP contribution in [0.4, 0.5) is 5.82 Å². The average molecular weight is 381 g/mol. The van der Waals surface area contributed by atoms with Gasteiger partial charge < -0.3 is 4.90 Å². The maximum absolute atomic E-state index is 12.4. The molecule has 0 radical (unpaired) electrons. The summed E-state index contributed by atoms with van der Waals surface area (Å²) in [7, 11) is 3.01. The van der Waals surface area contributed by atoms with Crippen molar-refractivity contribution in [2.75, 3.05) is 18.0 Å². The second-order valence-corrected chi connectivity index (χ2v) is 7.88. The van der Waals surface area contributed by atoms with E-state index in [2.05, 4.69) is 6.07 Å². The zero-order chi connectivity index (χ0) is 19.1. The highest BCUT2D eigenvalue weighted by molar-refractivity contribution is 7.18. The zero-order valence-corrected chi connectivity index (χ0v) is 16.0. The Labute approximate surface area is 159 Å². The quantitative estimate of drug-likeness (QED) is 0.677. The Morgan fingerprint density at radius 3 is 2.74 bits per heavy atom. The van der Waals surface area contributed by atoms with Gasteiger partial charge in [-0.2, -0.15) is 5.26 Å². The summed E-state index contributed by atoms with van der Waals surface area (Å²) in [5.74, 6) is 0.623. The highest BCUT2D eigenvalue weighted by Crippen LogP contribution is 2.34. The van der Waals surface area contributed by atoms with Crippen LogP contribution < -0.4 is 16.1 Å². The third-order valence-corrected chi connectivity index (χ3v) is 6.32. The number of fused-ring (bicyclic) bond motifs is 1. The van der Waals surface area contributed by atoms with E-state index in [4.69, 9.17) is 4.98 Å². The second kappa shape index (κ2) is 6.67. The van der Waals surface area contributed by atoms with E-state index in [1.165, 1.54) is 11.6 Å². The molecule has 2 aromatic heterocycles. The average Bonchev–Trinajstić information content (AvgIpc) is 3.13. The molecule has 7 nitrogen and oxygen atoms in total. The molecule has 1 aromatic carbocycles. The van der Waals surface area contributed by atoms with Crippen molar-refractivity contribution in [3.8, 4) is 6.07 Å². The van der Waals surface area contributed by atoms with Crippen molar-refractivity contribution in [3.05, 3.63) is 55.7 Å². The van der Waals surface area contributed by atoms with Gasteiger partial charge in [-0.25, -0.2) is 9.78 Å². The molecule has 138 valence electrons. The molecule has 3 heterocycles. The van der Waals surface area contributed by atoms with Gasteiger partial charge in [0.25, 0.3) is 5.56 Å². The van der Waals surface area contributed by atoms with Gasteiger partial charge in [-0.05, 0) is 25.0 Å².